The van der Waals surface area contributed by atoms with Crippen LogP contribution < -0.4 is 0 Å². The molecular weight excluding hydrogens is 460 g/mol. The van der Waals surface area contributed by atoms with Gasteiger partial charge in [-0.15, -0.1) is 0 Å². The smallest absolute Gasteiger partial charge is 0.282 e. The summed E-state index contributed by atoms with van der Waals surface area (Å²) in [6.07, 6.45) is 13.7. The van der Waals surface area contributed by atoms with Crippen molar-refractivity contribution in [1.29, 1.82) is 0 Å². The van der Waals surface area contributed by atoms with Crippen LogP contribution in [0, 0.1) is 58.7 Å². The van der Waals surface area contributed by atoms with Crippen molar-refractivity contribution in [3.63, 3.8) is 0 Å². The molecule has 10 atom stereocenters. The average molecular weight is 500 g/mol. The number of Topliss-reactive ketones (excluding diaryl/α,β-unsaturated/α-hetero) is 1. The molecule has 1 aromatic heterocycles. The van der Waals surface area contributed by atoms with Crippen LogP contribution in [0.25, 0.3) is 0 Å². The summed E-state index contributed by atoms with van der Waals surface area (Å²) in [5.74, 6) is 3.49. The molecule has 5 aliphatic carbocycles. The highest BCUT2D eigenvalue weighted by molar-refractivity contribution is 5.94. The zero-order valence-electron chi connectivity index (χ0n) is 21.5. The lowest BCUT2D eigenvalue weighted by Gasteiger charge is -2.57. The van der Waals surface area contributed by atoms with Crippen molar-refractivity contribution in [3.05, 3.63) is 18.0 Å². The fourth-order valence-electron chi connectivity index (χ4n) is 10.3. The molecule has 6 fully saturated rings. The van der Waals surface area contributed by atoms with Crippen LogP contribution >= 0.6 is 0 Å². The lowest BCUT2D eigenvalue weighted by molar-refractivity contribution is -0.134. The Balaban J connectivity index is 1.05. The molecule has 7 rings (SSSR count). The molecule has 5 saturated carbocycles. The van der Waals surface area contributed by atoms with Crippen molar-refractivity contribution in [2.75, 3.05) is 13.1 Å². The summed E-state index contributed by atoms with van der Waals surface area (Å²) in [6.45, 7) is 3.95. The second-order valence-electron chi connectivity index (χ2n) is 13.8. The van der Waals surface area contributed by atoms with Crippen molar-refractivity contribution in [1.82, 2.24) is 14.7 Å². The number of carbonyl (C=O) groups is 2. The average Bonchev–Trinajstić information content (AvgIpc) is 3.31. The van der Waals surface area contributed by atoms with Crippen LogP contribution in [0.15, 0.2) is 12.4 Å². The second kappa shape index (κ2) is 7.86. The van der Waals surface area contributed by atoms with Gasteiger partial charge in [0.25, 0.3) is 11.8 Å². The van der Waals surface area contributed by atoms with Crippen molar-refractivity contribution in [2.24, 2.45) is 58.7 Å². The quantitative estimate of drug-likeness (QED) is 0.565. The molecule has 1 amide bonds. The Bertz CT molecular complexity index is 1080. The maximum Gasteiger partial charge on any atom is 0.282 e. The topological polar surface area (TPSA) is 55.2 Å². The third-order valence-electron chi connectivity index (χ3n) is 11.7. The van der Waals surface area contributed by atoms with E-state index < -0.39 is 24.9 Å². The Morgan fingerprint density at radius 1 is 1.00 bits per heavy atom. The molecule has 2 heterocycles. The van der Waals surface area contributed by atoms with Crippen molar-refractivity contribution in [2.45, 2.75) is 77.7 Å². The SMILES string of the molecule is C[C@H]1CC[C@H]2[C@H](CCC3C4[C@@H]5C[C@@H]5[C@H](C(=O)Cn5cc(C(=O)N6CC(F)(F)C6)cn5)[C@@]4(C)CC[C@@H]32)C1. The van der Waals surface area contributed by atoms with Crippen LogP contribution in [0.1, 0.15) is 75.6 Å². The van der Waals surface area contributed by atoms with Gasteiger partial charge in [0, 0.05) is 12.1 Å². The van der Waals surface area contributed by atoms with E-state index in [1.807, 2.05) is 0 Å². The highest BCUT2D eigenvalue weighted by Crippen LogP contribution is 2.74. The van der Waals surface area contributed by atoms with Gasteiger partial charge in [0.1, 0.15) is 0 Å². The van der Waals surface area contributed by atoms with E-state index in [2.05, 4.69) is 18.9 Å². The summed E-state index contributed by atoms with van der Waals surface area (Å²) < 4.78 is 27.9. The predicted molar refractivity (Wildman–Crippen MR) is 130 cm³/mol. The Morgan fingerprint density at radius 2 is 1.78 bits per heavy atom. The van der Waals surface area contributed by atoms with E-state index in [1.165, 1.54) is 57.6 Å². The molecular formula is C29H39F2N3O2. The molecule has 0 bridgehead atoms. The minimum Gasteiger partial charge on any atom is -0.326 e. The van der Waals surface area contributed by atoms with Crippen molar-refractivity contribution in [3.8, 4) is 0 Å². The van der Waals surface area contributed by atoms with Crippen LogP contribution in [-0.4, -0.2) is 45.4 Å². The Hall–Kier alpha value is -1.79. The third-order valence-corrected chi connectivity index (χ3v) is 11.7. The molecule has 1 saturated heterocycles. The number of hydrogen-bond donors (Lipinski definition) is 0. The highest BCUT2D eigenvalue weighted by Gasteiger charge is 2.70. The number of rotatable bonds is 4. The third kappa shape index (κ3) is 3.46. The van der Waals surface area contributed by atoms with Gasteiger partial charge in [-0.25, -0.2) is 8.78 Å². The summed E-state index contributed by atoms with van der Waals surface area (Å²) in [6, 6.07) is 0. The summed E-state index contributed by atoms with van der Waals surface area (Å²) in [5, 5.41) is 4.27. The number of ketones is 1. The van der Waals surface area contributed by atoms with Crippen LogP contribution in [-0.2, 0) is 11.3 Å². The summed E-state index contributed by atoms with van der Waals surface area (Å²) >= 11 is 0. The number of carbonyl (C=O) groups excluding carboxylic acids is 2. The molecule has 7 heteroatoms. The number of nitrogens with zero attached hydrogens (tertiary/aromatic N) is 3. The van der Waals surface area contributed by atoms with Gasteiger partial charge in [0.05, 0.1) is 31.4 Å². The lowest BCUT2D eigenvalue weighted by Crippen LogP contribution is -2.58. The van der Waals surface area contributed by atoms with Gasteiger partial charge in [0.15, 0.2) is 5.78 Å². The number of fused-ring (bicyclic) bond motifs is 7. The molecule has 0 radical (unpaired) electrons. The van der Waals surface area contributed by atoms with Gasteiger partial charge in [0.2, 0.25) is 0 Å². The minimum absolute atomic E-state index is 0.0926. The number of halogens is 2. The molecule has 36 heavy (non-hydrogen) atoms. The number of aromatic nitrogens is 2. The molecule has 5 nitrogen and oxygen atoms in total. The molecule has 1 aromatic rings. The first-order chi connectivity index (χ1) is 17.1. The summed E-state index contributed by atoms with van der Waals surface area (Å²) in [5.41, 5.74) is 0.382. The first kappa shape index (κ1) is 23.3. The zero-order valence-corrected chi connectivity index (χ0v) is 21.5. The van der Waals surface area contributed by atoms with E-state index in [-0.39, 0.29) is 29.2 Å². The van der Waals surface area contributed by atoms with Gasteiger partial charge >= 0.3 is 0 Å². The maximum absolute atomic E-state index is 13.7. The van der Waals surface area contributed by atoms with Crippen LogP contribution in [0.5, 0.6) is 0 Å². The first-order valence-electron chi connectivity index (χ1n) is 14.4. The fraction of sp³-hybridized carbons (Fsp3) is 0.828. The molecule has 1 aliphatic heterocycles. The molecule has 196 valence electrons. The van der Waals surface area contributed by atoms with Crippen molar-refractivity contribution < 1.29 is 18.4 Å². The van der Waals surface area contributed by atoms with E-state index in [1.54, 1.807) is 10.9 Å². The second-order valence-corrected chi connectivity index (χ2v) is 13.8. The number of hydrogen-bond acceptors (Lipinski definition) is 3. The van der Waals surface area contributed by atoms with E-state index in [0.717, 1.165) is 40.4 Å². The Morgan fingerprint density at radius 3 is 2.56 bits per heavy atom. The van der Waals surface area contributed by atoms with E-state index in [4.69, 9.17) is 0 Å². The van der Waals surface area contributed by atoms with Gasteiger partial charge in [-0.3, -0.25) is 14.3 Å². The number of likely N-dealkylation sites (tertiary alicyclic amines) is 1. The standard InChI is InChI=1S/C29H39F2N3O2/c1-16-3-5-19-17(9-16)4-6-21-20(19)7-8-28(2)25(21)22-10-23(22)26(28)24(35)13-34-12-18(11-32-34)27(36)33-14-29(30,31)15-33/h11-12,16-17,19-23,25-26H,3-10,13-15H2,1-2H3/t16-,17+,19-,20+,21?,22+,23-,25?,26+,28-/m0/s1. The van der Waals surface area contributed by atoms with E-state index in [0.29, 0.717) is 11.8 Å². The van der Waals surface area contributed by atoms with Crippen molar-refractivity contribution >= 4 is 11.7 Å². The number of alkyl halides is 2. The monoisotopic (exact) mass is 499 g/mol. The maximum atomic E-state index is 13.7. The normalized spacial score (nSPS) is 46.1. The van der Waals surface area contributed by atoms with E-state index >= 15 is 0 Å². The summed E-state index contributed by atoms with van der Waals surface area (Å²) in [7, 11) is 0. The molecule has 0 N–H and O–H groups in total. The molecule has 2 unspecified atom stereocenters. The summed E-state index contributed by atoms with van der Waals surface area (Å²) in [4.78, 5) is 27.4. The number of amides is 1. The molecule has 6 aliphatic rings. The van der Waals surface area contributed by atoms with Gasteiger partial charge in [-0.1, -0.05) is 20.3 Å². The molecule has 0 aromatic carbocycles. The minimum atomic E-state index is -2.79. The van der Waals surface area contributed by atoms with Gasteiger partial charge in [-0.2, -0.15) is 5.10 Å². The predicted octanol–water partition coefficient (Wildman–Crippen LogP) is 5.30. The Labute approximate surface area is 212 Å². The lowest BCUT2D eigenvalue weighted by atomic mass is 9.48. The van der Waals surface area contributed by atoms with Gasteiger partial charge < -0.3 is 4.90 Å². The fourth-order valence-corrected chi connectivity index (χ4v) is 10.3. The zero-order chi connectivity index (χ0) is 25.0. The van der Waals surface area contributed by atoms with Gasteiger partial charge in [-0.05, 0) is 97.7 Å². The highest BCUT2D eigenvalue weighted by atomic mass is 19.3. The largest absolute Gasteiger partial charge is 0.326 e. The van der Waals surface area contributed by atoms with Crippen LogP contribution in [0.2, 0.25) is 0 Å². The Kier molecular flexibility index (Phi) is 5.09. The first-order valence-corrected chi connectivity index (χ1v) is 14.4. The van der Waals surface area contributed by atoms with E-state index in [9.17, 15) is 18.4 Å². The van der Waals surface area contributed by atoms with Crippen LogP contribution in [0.4, 0.5) is 8.78 Å². The van der Waals surface area contributed by atoms with Crippen LogP contribution in [0.3, 0.4) is 0 Å². The molecule has 0 spiro atoms.